The molecule has 114 valence electrons. The molecule has 0 unspecified atom stereocenters. The lowest BCUT2D eigenvalue weighted by Crippen LogP contribution is -2.28. The van der Waals surface area contributed by atoms with Crippen molar-refractivity contribution in [1.82, 2.24) is 4.90 Å². The molecule has 7 nitrogen and oxygen atoms in total. The minimum absolute atomic E-state index is 0.0222. The van der Waals surface area contributed by atoms with Crippen molar-refractivity contribution in [2.24, 2.45) is 0 Å². The number of nitro groups is 1. The highest BCUT2D eigenvalue weighted by Crippen LogP contribution is 2.23. The quantitative estimate of drug-likeness (QED) is 0.456. The predicted molar refractivity (Wildman–Crippen MR) is 76.3 cm³/mol. The first-order valence-corrected chi connectivity index (χ1v) is 6.50. The summed E-state index contributed by atoms with van der Waals surface area (Å²) >= 11 is 5.89. The van der Waals surface area contributed by atoms with Gasteiger partial charge in [0, 0.05) is 32.1 Å². The maximum absolute atomic E-state index is 12.1. The molecule has 0 atom stereocenters. The number of methoxy groups -OCH3 is 1. The molecule has 21 heavy (non-hydrogen) atoms. The average molecular weight is 315 g/mol. The molecule has 0 spiro atoms. The highest BCUT2D eigenvalue weighted by atomic mass is 35.5. The Bertz CT molecular complexity index is 561. The lowest BCUT2D eigenvalue weighted by atomic mass is 10.1. The first kappa shape index (κ1) is 16.9. The minimum atomic E-state index is -0.583. The normalized spacial score (nSPS) is 10.0. The SMILES string of the molecule is COC(=O)CCCN(C)C(=O)c1ccc([N+](=O)[O-])cc1Cl. The number of esters is 1. The zero-order valence-electron chi connectivity index (χ0n) is 11.7. The first-order valence-electron chi connectivity index (χ1n) is 6.13. The zero-order chi connectivity index (χ0) is 16.0. The van der Waals surface area contributed by atoms with Crippen LogP contribution in [-0.4, -0.2) is 42.4 Å². The van der Waals surface area contributed by atoms with Crippen LogP contribution in [0.1, 0.15) is 23.2 Å². The summed E-state index contributed by atoms with van der Waals surface area (Å²) in [7, 11) is 2.87. The standard InChI is InChI=1S/C13H15ClN2O5/c1-15(7-3-4-12(17)21-2)13(18)10-6-5-9(16(19)20)8-11(10)14/h5-6,8H,3-4,7H2,1-2H3. The Balaban J connectivity index is 2.70. The van der Waals surface area contributed by atoms with E-state index in [0.29, 0.717) is 13.0 Å². The van der Waals surface area contributed by atoms with Crippen LogP contribution in [0.25, 0.3) is 0 Å². The van der Waals surface area contributed by atoms with Gasteiger partial charge in [-0.15, -0.1) is 0 Å². The van der Waals surface area contributed by atoms with Crippen molar-refractivity contribution in [1.29, 1.82) is 0 Å². The summed E-state index contributed by atoms with van der Waals surface area (Å²) in [6.07, 6.45) is 0.668. The van der Waals surface area contributed by atoms with Crippen molar-refractivity contribution in [2.45, 2.75) is 12.8 Å². The van der Waals surface area contributed by atoms with Crippen molar-refractivity contribution < 1.29 is 19.2 Å². The van der Waals surface area contributed by atoms with Crippen molar-refractivity contribution in [3.63, 3.8) is 0 Å². The smallest absolute Gasteiger partial charge is 0.305 e. The van der Waals surface area contributed by atoms with Crippen LogP contribution in [0.2, 0.25) is 5.02 Å². The fourth-order valence-corrected chi connectivity index (χ4v) is 1.92. The molecule has 1 amide bonds. The maximum Gasteiger partial charge on any atom is 0.305 e. The van der Waals surface area contributed by atoms with Crippen LogP contribution in [0.4, 0.5) is 5.69 Å². The Morgan fingerprint density at radius 2 is 2.10 bits per heavy atom. The summed E-state index contributed by atoms with van der Waals surface area (Å²) in [5.74, 6) is -0.705. The van der Waals surface area contributed by atoms with Crippen LogP contribution in [-0.2, 0) is 9.53 Å². The van der Waals surface area contributed by atoms with Gasteiger partial charge in [-0.2, -0.15) is 0 Å². The molecule has 1 aromatic rings. The molecule has 0 aliphatic carbocycles. The van der Waals surface area contributed by atoms with E-state index in [4.69, 9.17) is 11.6 Å². The number of non-ortho nitro benzene ring substituents is 1. The highest BCUT2D eigenvalue weighted by molar-refractivity contribution is 6.34. The molecule has 1 aromatic carbocycles. The van der Waals surface area contributed by atoms with Gasteiger partial charge >= 0.3 is 5.97 Å². The highest BCUT2D eigenvalue weighted by Gasteiger charge is 2.18. The van der Waals surface area contributed by atoms with Gasteiger partial charge in [-0.1, -0.05) is 11.6 Å². The summed E-state index contributed by atoms with van der Waals surface area (Å²) in [5.41, 5.74) is 0.00716. The second kappa shape index (κ2) is 7.58. The monoisotopic (exact) mass is 314 g/mol. The van der Waals surface area contributed by atoms with Crippen LogP contribution in [0.15, 0.2) is 18.2 Å². The molecule has 0 aliphatic heterocycles. The van der Waals surface area contributed by atoms with Crippen molar-refractivity contribution in [3.8, 4) is 0 Å². The van der Waals surface area contributed by atoms with E-state index >= 15 is 0 Å². The second-order valence-corrected chi connectivity index (χ2v) is 4.73. The van der Waals surface area contributed by atoms with Gasteiger partial charge in [0.2, 0.25) is 0 Å². The Kier molecular flexibility index (Phi) is 6.10. The number of amides is 1. The summed E-state index contributed by atoms with van der Waals surface area (Å²) in [6, 6.07) is 3.68. The number of rotatable bonds is 6. The summed E-state index contributed by atoms with van der Waals surface area (Å²) in [5, 5.41) is 10.6. The molecule has 0 bridgehead atoms. The number of carbonyl (C=O) groups excluding carboxylic acids is 2. The Hall–Kier alpha value is -2.15. The lowest BCUT2D eigenvalue weighted by molar-refractivity contribution is -0.384. The average Bonchev–Trinajstić information content (AvgIpc) is 2.45. The number of nitrogens with zero attached hydrogens (tertiary/aromatic N) is 2. The van der Waals surface area contributed by atoms with Crippen LogP contribution in [0, 0.1) is 10.1 Å². The van der Waals surface area contributed by atoms with Gasteiger partial charge in [-0.3, -0.25) is 19.7 Å². The summed E-state index contributed by atoms with van der Waals surface area (Å²) in [6.45, 7) is 0.348. The molecule has 1 rings (SSSR count). The molecule has 0 saturated carbocycles. The van der Waals surface area contributed by atoms with Crippen molar-refractivity contribution in [2.75, 3.05) is 20.7 Å². The van der Waals surface area contributed by atoms with Crippen molar-refractivity contribution >= 4 is 29.2 Å². The topological polar surface area (TPSA) is 89.8 Å². The Morgan fingerprint density at radius 1 is 1.43 bits per heavy atom. The molecular formula is C13H15ClN2O5. The first-order chi connectivity index (χ1) is 9.86. The molecule has 0 radical (unpaired) electrons. The van der Waals surface area contributed by atoms with Gasteiger partial charge in [0.25, 0.3) is 11.6 Å². The van der Waals surface area contributed by atoms with Crippen molar-refractivity contribution in [3.05, 3.63) is 38.9 Å². The number of nitro benzene ring substituents is 1. The third-order valence-electron chi connectivity index (χ3n) is 2.84. The van der Waals surface area contributed by atoms with E-state index in [-0.39, 0.29) is 34.6 Å². The molecule has 8 heteroatoms. The maximum atomic E-state index is 12.1. The predicted octanol–water partition coefficient (Wildman–Crippen LogP) is 2.27. The molecule has 0 N–H and O–H groups in total. The number of carbonyl (C=O) groups is 2. The van der Waals surface area contributed by atoms with E-state index in [9.17, 15) is 19.7 Å². The fraction of sp³-hybridized carbons (Fsp3) is 0.385. The van der Waals surface area contributed by atoms with E-state index < -0.39 is 4.92 Å². The van der Waals surface area contributed by atoms with E-state index in [1.54, 1.807) is 7.05 Å². The van der Waals surface area contributed by atoms with Gasteiger partial charge in [-0.25, -0.2) is 0 Å². The van der Waals surface area contributed by atoms with Gasteiger partial charge in [0.05, 0.1) is 22.6 Å². The summed E-state index contributed by atoms with van der Waals surface area (Å²) < 4.78 is 4.50. The zero-order valence-corrected chi connectivity index (χ0v) is 12.4. The van der Waals surface area contributed by atoms with Crippen LogP contribution in [0.3, 0.4) is 0 Å². The van der Waals surface area contributed by atoms with Crippen LogP contribution < -0.4 is 0 Å². The third-order valence-corrected chi connectivity index (χ3v) is 3.16. The molecule has 0 aliphatic rings. The lowest BCUT2D eigenvalue weighted by Gasteiger charge is -2.17. The Labute approximate surface area is 126 Å². The number of halogens is 1. The van der Waals surface area contributed by atoms with E-state index in [1.807, 2.05) is 0 Å². The number of hydrogen-bond donors (Lipinski definition) is 0. The number of benzene rings is 1. The molecule has 0 saturated heterocycles. The molecule has 0 heterocycles. The van der Waals surface area contributed by atoms with Crippen LogP contribution >= 0.6 is 11.6 Å². The van der Waals surface area contributed by atoms with E-state index in [1.165, 1.54) is 24.1 Å². The molecule has 0 fully saturated rings. The largest absolute Gasteiger partial charge is 0.469 e. The van der Waals surface area contributed by atoms with Gasteiger partial charge in [0.15, 0.2) is 0 Å². The van der Waals surface area contributed by atoms with Crippen LogP contribution in [0.5, 0.6) is 0 Å². The third kappa shape index (κ3) is 4.71. The minimum Gasteiger partial charge on any atom is -0.469 e. The van der Waals surface area contributed by atoms with Gasteiger partial charge in [0.1, 0.15) is 0 Å². The number of ether oxygens (including phenoxy) is 1. The Morgan fingerprint density at radius 3 is 2.62 bits per heavy atom. The van der Waals surface area contributed by atoms with Gasteiger partial charge < -0.3 is 9.64 Å². The van der Waals surface area contributed by atoms with E-state index in [2.05, 4.69) is 4.74 Å². The fourth-order valence-electron chi connectivity index (χ4n) is 1.66. The van der Waals surface area contributed by atoms with Gasteiger partial charge in [-0.05, 0) is 12.5 Å². The second-order valence-electron chi connectivity index (χ2n) is 4.33. The number of hydrogen-bond acceptors (Lipinski definition) is 5. The van der Waals surface area contributed by atoms with E-state index in [0.717, 1.165) is 6.07 Å². The molecular weight excluding hydrogens is 300 g/mol. The summed E-state index contributed by atoms with van der Waals surface area (Å²) in [4.78, 5) is 34.6. The molecule has 0 aromatic heterocycles.